The fourth-order valence-electron chi connectivity index (χ4n) is 2.14. The lowest BCUT2D eigenvalue weighted by Gasteiger charge is -2.03. The lowest BCUT2D eigenvalue weighted by Crippen LogP contribution is -1.98. The minimum atomic E-state index is -0.939. The summed E-state index contributed by atoms with van der Waals surface area (Å²) in [5.74, 6) is -0.140. The molecule has 0 saturated carbocycles. The second-order valence-corrected chi connectivity index (χ2v) is 4.73. The Labute approximate surface area is 127 Å². The Kier molecular flexibility index (Phi) is 3.62. The first-order chi connectivity index (χ1) is 10.7. The second kappa shape index (κ2) is 5.73. The minimum absolute atomic E-state index is 0.256. The standard InChI is InChI=1S/C17H14N2O3/c1-22-15-8-4-12(5-9-15)16-10-11-19(18-16)14-6-2-13(3-7-14)17(20)21/h2-11H,1H3,(H,20,21). The van der Waals surface area contributed by atoms with Crippen LogP contribution < -0.4 is 4.74 Å². The van der Waals surface area contributed by atoms with E-state index in [2.05, 4.69) is 5.10 Å². The summed E-state index contributed by atoms with van der Waals surface area (Å²) in [6, 6.07) is 16.2. The highest BCUT2D eigenvalue weighted by atomic mass is 16.5. The average molecular weight is 294 g/mol. The van der Waals surface area contributed by atoms with Gasteiger partial charge in [0.25, 0.3) is 0 Å². The number of methoxy groups -OCH3 is 1. The molecule has 22 heavy (non-hydrogen) atoms. The number of benzene rings is 2. The van der Waals surface area contributed by atoms with Crippen molar-refractivity contribution in [2.45, 2.75) is 0 Å². The molecule has 0 bridgehead atoms. The third-order valence-electron chi connectivity index (χ3n) is 3.35. The van der Waals surface area contributed by atoms with Crippen LogP contribution in [-0.2, 0) is 0 Å². The number of hydrogen-bond donors (Lipinski definition) is 1. The molecule has 1 N–H and O–H groups in total. The van der Waals surface area contributed by atoms with Gasteiger partial charge in [0.2, 0.25) is 0 Å². The highest BCUT2D eigenvalue weighted by Crippen LogP contribution is 2.21. The van der Waals surface area contributed by atoms with Crippen LogP contribution >= 0.6 is 0 Å². The Morgan fingerprint density at radius 3 is 2.32 bits per heavy atom. The maximum atomic E-state index is 10.9. The first kappa shape index (κ1) is 13.9. The lowest BCUT2D eigenvalue weighted by atomic mass is 10.1. The van der Waals surface area contributed by atoms with E-state index in [-0.39, 0.29) is 5.56 Å². The fraction of sp³-hybridized carbons (Fsp3) is 0.0588. The average Bonchev–Trinajstić information content (AvgIpc) is 3.05. The third-order valence-corrected chi connectivity index (χ3v) is 3.35. The number of hydrogen-bond acceptors (Lipinski definition) is 3. The van der Waals surface area contributed by atoms with E-state index in [1.165, 1.54) is 0 Å². The van der Waals surface area contributed by atoms with Gasteiger partial charge in [0.05, 0.1) is 24.1 Å². The van der Waals surface area contributed by atoms with Gasteiger partial charge in [0.1, 0.15) is 5.75 Å². The van der Waals surface area contributed by atoms with E-state index in [0.717, 1.165) is 22.7 Å². The van der Waals surface area contributed by atoms with E-state index in [1.807, 2.05) is 36.5 Å². The first-order valence-electron chi connectivity index (χ1n) is 6.71. The van der Waals surface area contributed by atoms with Crippen molar-refractivity contribution >= 4 is 5.97 Å². The molecule has 110 valence electrons. The molecule has 0 unspecified atom stereocenters. The number of nitrogens with zero attached hydrogens (tertiary/aromatic N) is 2. The molecule has 0 aliphatic rings. The van der Waals surface area contributed by atoms with Crippen molar-refractivity contribution < 1.29 is 14.6 Å². The molecular weight excluding hydrogens is 280 g/mol. The predicted molar refractivity (Wildman–Crippen MR) is 82.5 cm³/mol. The predicted octanol–water partition coefficient (Wildman–Crippen LogP) is 3.25. The van der Waals surface area contributed by atoms with Crippen LogP contribution in [0.15, 0.2) is 60.8 Å². The van der Waals surface area contributed by atoms with Crippen LogP contribution in [0, 0.1) is 0 Å². The second-order valence-electron chi connectivity index (χ2n) is 4.73. The Balaban J connectivity index is 1.87. The largest absolute Gasteiger partial charge is 0.497 e. The zero-order valence-corrected chi connectivity index (χ0v) is 11.9. The van der Waals surface area contributed by atoms with Gasteiger partial charge in [-0.3, -0.25) is 0 Å². The molecule has 0 fully saturated rings. The van der Waals surface area contributed by atoms with Gasteiger partial charge >= 0.3 is 5.97 Å². The van der Waals surface area contributed by atoms with Crippen LogP contribution in [-0.4, -0.2) is 28.0 Å². The van der Waals surface area contributed by atoms with Gasteiger partial charge in [-0.2, -0.15) is 5.10 Å². The molecule has 3 aromatic rings. The lowest BCUT2D eigenvalue weighted by molar-refractivity contribution is 0.0697. The zero-order chi connectivity index (χ0) is 15.5. The molecule has 0 spiro atoms. The monoisotopic (exact) mass is 294 g/mol. The van der Waals surface area contributed by atoms with Crippen molar-refractivity contribution in [3.8, 4) is 22.7 Å². The number of carboxylic acid groups (broad SMARTS) is 1. The van der Waals surface area contributed by atoms with Gasteiger partial charge in [-0.15, -0.1) is 0 Å². The molecular formula is C17H14N2O3. The number of carboxylic acids is 1. The molecule has 0 saturated heterocycles. The van der Waals surface area contributed by atoms with E-state index in [9.17, 15) is 4.79 Å². The summed E-state index contributed by atoms with van der Waals surface area (Å²) in [6.45, 7) is 0. The van der Waals surface area contributed by atoms with Gasteiger partial charge in [-0.1, -0.05) is 0 Å². The van der Waals surface area contributed by atoms with E-state index in [0.29, 0.717) is 0 Å². The number of carbonyl (C=O) groups is 1. The van der Waals surface area contributed by atoms with Gasteiger partial charge in [0.15, 0.2) is 0 Å². The normalized spacial score (nSPS) is 10.4. The van der Waals surface area contributed by atoms with Gasteiger partial charge in [0, 0.05) is 11.8 Å². The molecule has 0 radical (unpaired) electrons. The van der Waals surface area contributed by atoms with Crippen molar-refractivity contribution in [3.63, 3.8) is 0 Å². The Bertz CT molecular complexity index is 790. The van der Waals surface area contributed by atoms with Gasteiger partial charge in [-0.05, 0) is 54.6 Å². The van der Waals surface area contributed by atoms with Gasteiger partial charge < -0.3 is 9.84 Å². The van der Waals surface area contributed by atoms with Gasteiger partial charge in [-0.25, -0.2) is 9.48 Å². The molecule has 5 nitrogen and oxygen atoms in total. The number of aromatic nitrogens is 2. The molecule has 1 aromatic heterocycles. The van der Waals surface area contributed by atoms with E-state index >= 15 is 0 Å². The molecule has 1 heterocycles. The molecule has 5 heteroatoms. The van der Waals surface area contributed by atoms with Crippen molar-refractivity contribution in [1.82, 2.24) is 9.78 Å². The van der Waals surface area contributed by atoms with Crippen molar-refractivity contribution in [1.29, 1.82) is 0 Å². The SMILES string of the molecule is COc1ccc(-c2ccn(-c3ccc(C(=O)O)cc3)n2)cc1. The molecule has 3 rings (SSSR count). The quantitative estimate of drug-likeness (QED) is 0.802. The summed E-state index contributed by atoms with van der Waals surface area (Å²) >= 11 is 0. The van der Waals surface area contributed by atoms with Crippen LogP contribution in [0.4, 0.5) is 0 Å². The first-order valence-corrected chi connectivity index (χ1v) is 6.71. The number of aromatic carboxylic acids is 1. The van der Waals surface area contributed by atoms with Crippen LogP contribution in [0.2, 0.25) is 0 Å². The number of ether oxygens (including phenoxy) is 1. The van der Waals surface area contributed by atoms with Crippen LogP contribution in [0.25, 0.3) is 16.9 Å². The summed E-state index contributed by atoms with van der Waals surface area (Å²) in [6.07, 6.45) is 1.84. The summed E-state index contributed by atoms with van der Waals surface area (Å²) < 4.78 is 6.85. The highest BCUT2D eigenvalue weighted by Gasteiger charge is 2.06. The highest BCUT2D eigenvalue weighted by molar-refractivity contribution is 5.87. The molecule has 2 aromatic carbocycles. The third kappa shape index (κ3) is 2.69. The van der Waals surface area contributed by atoms with Crippen LogP contribution in [0.1, 0.15) is 10.4 Å². The van der Waals surface area contributed by atoms with Crippen molar-refractivity contribution in [3.05, 3.63) is 66.4 Å². The van der Waals surface area contributed by atoms with E-state index in [4.69, 9.17) is 9.84 Å². The summed E-state index contributed by atoms with van der Waals surface area (Å²) in [4.78, 5) is 10.9. The summed E-state index contributed by atoms with van der Waals surface area (Å²) in [5.41, 5.74) is 2.89. The Hall–Kier alpha value is -3.08. The van der Waals surface area contributed by atoms with Crippen LogP contribution in [0.3, 0.4) is 0 Å². The minimum Gasteiger partial charge on any atom is -0.497 e. The zero-order valence-electron chi connectivity index (χ0n) is 11.9. The fourth-order valence-corrected chi connectivity index (χ4v) is 2.14. The maximum Gasteiger partial charge on any atom is 0.335 e. The van der Waals surface area contributed by atoms with E-state index < -0.39 is 5.97 Å². The Morgan fingerprint density at radius 2 is 1.73 bits per heavy atom. The molecule has 0 atom stereocenters. The molecule has 0 aliphatic heterocycles. The van der Waals surface area contributed by atoms with E-state index in [1.54, 1.807) is 36.1 Å². The van der Waals surface area contributed by atoms with Crippen molar-refractivity contribution in [2.75, 3.05) is 7.11 Å². The molecule has 0 aliphatic carbocycles. The van der Waals surface area contributed by atoms with Crippen molar-refractivity contribution in [2.24, 2.45) is 0 Å². The molecule has 0 amide bonds. The number of rotatable bonds is 4. The summed E-state index contributed by atoms with van der Waals surface area (Å²) in [7, 11) is 1.63. The van der Waals surface area contributed by atoms with Crippen LogP contribution in [0.5, 0.6) is 5.75 Å². The summed E-state index contributed by atoms with van der Waals surface area (Å²) in [5, 5.41) is 13.4. The Morgan fingerprint density at radius 1 is 1.05 bits per heavy atom. The smallest absolute Gasteiger partial charge is 0.335 e. The topological polar surface area (TPSA) is 64.3 Å². The maximum absolute atomic E-state index is 10.9.